The third-order valence-corrected chi connectivity index (χ3v) is 5.00. The molecule has 1 N–H and O–H groups in total. The molecule has 0 fully saturated rings. The van der Waals surface area contributed by atoms with E-state index in [0.717, 1.165) is 47.4 Å². The van der Waals surface area contributed by atoms with Gasteiger partial charge in [0.1, 0.15) is 0 Å². The summed E-state index contributed by atoms with van der Waals surface area (Å²) in [7, 11) is 0. The van der Waals surface area contributed by atoms with Crippen molar-refractivity contribution in [3.8, 4) is 0 Å². The van der Waals surface area contributed by atoms with Gasteiger partial charge in [-0.05, 0) is 43.4 Å². The highest BCUT2D eigenvalue weighted by molar-refractivity contribution is 5.84. The molecule has 142 valence electrons. The van der Waals surface area contributed by atoms with Gasteiger partial charge in [-0.25, -0.2) is 0 Å². The molecule has 0 saturated heterocycles. The van der Waals surface area contributed by atoms with E-state index in [4.69, 9.17) is 0 Å². The Hall–Kier alpha value is -2.39. The van der Waals surface area contributed by atoms with Crippen LogP contribution in [-0.2, 0) is 13.1 Å². The molecule has 0 aliphatic heterocycles. The molecule has 0 saturated carbocycles. The topological polar surface area (TPSA) is 36.1 Å². The summed E-state index contributed by atoms with van der Waals surface area (Å²) in [6.07, 6.45) is 0. The summed E-state index contributed by atoms with van der Waals surface area (Å²) in [5, 5.41) is 0.813. The summed E-state index contributed by atoms with van der Waals surface area (Å²) >= 11 is 0. The summed E-state index contributed by atoms with van der Waals surface area (Å²) in [6.45, 7) is 13.2. The highest BCUT2D eigenvalue weighted by atomic mass is 16.1. The minimum absolute atomic E-state index is 0.111. The SMILES string of the molecule is Cc1ccc(CN(Cc2cc(=O)c3c(C)ccc(C)c3[nH]2)CC(C)C)cc1. The number of nitrogens with zero attached hydrogens (tertiary/aromatic N) is 1. The Kier molecular flexibility index (Phi) is 5.81. The summed E-state index contributed by atoms with van der Waals surface area (Å²) in [4.78, 5) is 18.7. The lowest BCUT2D eigenvalue weighted by atomic mass is 10.0. The van der Waals surface area contributed by atoms with Gasteiger partial charge in [0, 0.05) is 36.8 Å². The number of hydrogen-bond donors (Lipinski definition) is 1. The van der Waals surface area contributed by atoms with Crippen LogP contribution in [0.2, 0.25) is 0 Å². The zero-order valence-corrected chi connectivity index (χ0v) is 17.1. The van der Waals surface area contributed by atoms with Gasteiger partial charge in [0.15, 0.2) is 5.43 Å². The van der Waals surface area contributed by atoms with Crippen LogP contribution in [0.4, 0.5) is 0 Å². The Morgan fingerprint density at radius 1 is 0.926 bits per heavy atom. The quantitative estimate of drug-likeness (QED) is 0.661. The minimum atomic E-state index is 0.111. The van der Waals surface area contributed by atoms with Crippen molar-refractivity contribution < 1.29 is 0 Å². The Morgan fingerprint density at radius 3 is 2.26 bits per heavy atom. The fourth-order valence-corrected chi connectivity index (χ4v) is 3.70. The Balaban J connectivity index is 1.92. The maximum absolute atomic E-state index is 12.7. The molecule has 0 aliphatic carbocycles. The largest absolute Gasteiger partial charge is 0.357 e. The van der Waals surface area contributed by atoms with E-state index in [1.165, 1.54) is 11.1 Å². The number of pyridine rings is 1. The molecular formula is C24H30N2O. The number of nitrogens with one attached hydrogen (secondary N) is 1. The van der Waals surface area contributed by atoms with Crippen LogP contribution in [0.1, 0.15) is 41.8 Å². The molecule has 0 spiro atoms. The van der Waals surface area contributed by atoms with E-state index >= 15 is 0 Å². The van der Waals surface area contributed by atoms with Gasteiger partial charge in [0.25, 0.3) is 0 Å². The fourth-order valence-electron chi connectivity index (χ4n) is 3.70. The van der Waals surface area contributed by atoms with E-state index in [9.17, 15) is 4.79 Å². The molecule has 3 heteroatoms. The Labute approximate surface area is 162 Å². The molecule has 2 aromatic carbocycles. The van der Waals surface area contributed by atoms with Crippen molar-refractivity contribution in [2.24, 2.45) is 5.92 Å². The van der Waals surface area contributed by atoms with Gasteiger partial charge >= 0.3 is 0 Å². The van der Waals surface area contributed by atoms with Gasteiger partial charge in [-0.2, -0.15) is 0 Å². The molecular weight excluding hydrogens is 332 g/mol. The first kappa shape index (κ1) is 19.4. The number of aromatic nitrogens is 1. The van der Waals surface area contributed by atoms with Gasteiger partial charge in [0.05, 0.1) is 5.52 Å². The van der Waals surface area contributed by atoms with Gasteiger partial charge in [-0.1, -0.05) is 55.8 Å². The van der Waals surface area contributed by atoms with Crippen LogP contribution in [0.15, 0.2) is 47.3 Å². The molecule has 3 aromatic rings. The molecule has 1 aromatic heterocycles. The summed E-state index contributed by atoms with van der Waals surface area (Å²) in [5.74, 6) is 0.562. The van der Waals surface area contributed by atoms with E-state index in [2.05, 4.69) is 67.9 Å². The lowest BCUT2D eigenvalue weighted by Gasteiger charge is -2.24. The van der Waals surface area contributed by atoms with Gasteiger partial charge < -0.3 is 4.98 Å². The van der Waals surface area contributed by atoms with Gasteiger partial charge in [-0.15, -0.1) is 0 Å². The Bertz CT molecular complexity index is 984. The molecule has 0 aliphatic rings. The zero-order chi connectivity index (χ0) is 19.6. The first-order valence-corrected chi connectivity index (χ1v) is 9.73. The number of aromatic amines is 1. The number of hydrogen-bond acceptors (Lipinski definition) is 2. The maximum Gasteiger partial charge on any atom is 0.189 e. The first-order valence-electron chi connectivity index (χ1n) is 9.73. The fraction of sp³-hybridized carbons (Fsp3) is 0.375. The lowest BCUT2D eigenvalue weighted by Crippen LogP contribution is -2.28. The van der Waals surface area contributed by atoms with Crippen molar-refractivity contribution in [2.45, 2.75) is 47.7 Å². The van der Waals surface area contributed by atoms with E-state index in [1.54, 1.807) is 6.07 Å². The number of aryl methyl sites for hydroxylation is 3. The smallest absolute Gasteiger partial charge is 0.189 e. The van der Waals surface area contributed by atoms with Gasteiger partial charge in [-0.3, -0.25) is 9.69 Å². The molecule has 3 nitrogen and oxygen atoms in total. The van der Waals surface area contributed by atoms with Crippen molar-refractivity contribution in [3.63, 3.8) is 0 Å². The Morgan fingerprint density at radius 2 is 1.59 bits per heavy atom. The summed E-state index contributed by atoms with van der Waals surface area (Å²) in [6, 6.07) is 14.6. The second-order valence-electron chi connectivity index (χ2n) is 8.16. The van der Waals surface area contributed by atoms with Crippen molar-refractivity contribution >= 4 is 10.9 Å². The van der Waals surface area contributed by atoms with Crippen LogP contribution < -0.4 is 5.43 Å². The molecule has 3 rings (SSSR count). The van der Waals surface area contributed by atoms with Gasteiger partial charge in [0.2, 0.25) is 0 Å². The number of rotatable bonds is 6. The summed E-state index contributed by atoms with van der Waals surface area (Å²) in [5.41, 5.74) is 6.78. The second kappa shape index (κ2) is 8.10. The predicted molar refractivity (Wildman–Crippen MR) is 114 cm³/mol. The molecule has 0 amide bonds. The van der Waals surface area contributed by atoms with Crippen LogP contribution in [0.25, 0.3) is 10.9 Å². The van der Waals surface area contributed by atoms with Crippen LogP contribution >= 0.6 is 0 Å². The van der Waals surface area contributed by atoms with Crippen LogP contribution in [0, 0.1) is 26.7 Å². The van der Waals surface area contributed by atoms with E-state index in [0.29, 0.717) is 5.92 Å². The third-order valence-electron chi connectivity index (χ3n) is 5.00. The van der Waals surface area contributed by atoms with Crippen LogP contribution in [0.5, 0.6) is 0 Å². The molecule has 0 atom stereocenters. The minimum Gasteiger partial charge on any atom is -0.357 e. The monoisotopic (exact) mass is 362 g/mol. The van der Waals surface area contributed by atoms with Crippen LogP contribution in [0.3, 0.4) is 0 Å². The lowest BCUT2D eigenvalue weighted by molar-refractivity contribution is 0.225. The normalized spacial score (nSPS) is 11.7. The number of fused-ring (bicyclic) bond motifs is 1. The molecule has 1 heterocycles. The van der Waals surface area contributed by atoms with Crippen molar-refractivity contribution in [2.75, 3.05) is 6.54 Å². The predicted octanol–water partition coefficient (Wildman–Crippen LogP) is 5.11. The highest BCUT2D eigenvalue weighted by Gasteiger charge is 2.13. The zero-order valence-electron chi connectivity index (χ0n) is 17.1. The van der Waals surface area contributed by atoms with E-state index in [-0.39, 0.29) is 5.43 Å². The van der Waals surface area contributed by atoms with Crippen molar-refractivity contribution in [1.82, 2.24) is 9.88 Å². The van der Waals surface area contributed by atoms with Crippen molar-refractivity contribution in [3.05, 3.63) is 80.6 Å². The standard InChI is InChI=1S/C24H30N2O/c1-16(2)13-26(14-20-10-6-17(3)7-11-20)15-21-12-22(27)23-18(4)8-9-19(5)24(23)25-21/h6-12,16H,13-15H2,1-5H3,(H,25,27). The van der Waals surface area contributed by atoms with Crippen molar-refractivity contribution in [1.29, 1.82) is 0 Å². The first-order chi connectivity index (χ1) is 12.8. The molecule has 27 heavy (non-hydrogen) atoms. The highest BCUT2D eigenvalue weighted by Crippen LogP contribution is 2.19. The van der Waals surface area contributed by atoms with E-state index < -0.39 is 0 Å². The second-order valence-corrected chi connectivity index (χ2v) is 8.16. The molecule has 0 bridgehead atoms. The van der Waals surface area contributed by atoms with Crippen LogP contribution in [-0.4, -0.2) is 16.4 Å². The molecule has 0 unspecified atom stereocenters. The maximum atomic E-state index is 12.7. The number of benzene rings is 2. The summed E-state index contributed by atoms with van der Waals surface area (Å²) < 4.78 is 0. The average Bonchev–Trinajstić information content (AvgIpc) is 2.59. The third kappa shape index (κ3) is 4.67. The van der Waals surface area contributed by atoms with E-state index in [1.807, 2.05) is 13.0 Å². The number of H-pyrrole nitrogens is 1. The molecule has 0 radical (unpaired) electrons. The average molecular weight is 363 g/mol.